The molecule has 1 fully saturated rings. The van der Waals surface area contributed by atoms with Gasteiger partial charge in [0.15, 0.2) is 6.04 Å². The Labute approximate surface area is 123 Å². The van der Waals surface area contributed by atoms with Crippen molar-refractivity contribution in [3.05, 3.63) is 35.0 Å². The number of amides is 1. The first-order chi connectivity index (χ1) is 10.1. The summed E-state index contributed by atoms with van der Waals surface area (Å²) in [6.45, 7) is 0.536. The lowest BCUT2D eigenvalue weighted by Gasteiger charge is -2.32. The maximum absolute atomic E-state index is 13.2. The van der Waals surface area contributed by atoms with Gasteiger partial charge in [-0.3, -0.25) is 4.79 Å². The van der Waals surface area contributed by atoms with Crippen LogP contribution in [0.25, 0.3) is 10.1 Å². The Morgan fingerprint density at radius 3 is 2.95 bits per heavy atom. The van der Waals surface area contributed by atoms with Crippen molar-refractivity contribution in [2.24, 2.45) is 0 Å². The molecule has 1 aliphatic rings. The van der Waals surface area contributed by atoms with Crippen molar-refractivity contribution in [1.82, 2.24) is 4.90 Å². The normalized spacial score (nSPS) is 18.9. The maximum Gasteiger partial charge on any atom is 0.328 e. The molecule has 1 saturated heterocycles. The average Bonchev–Trinajstić information content (AvgIpc) is 2.89. The first-order valence-corrected chi connectivity index (χ1v) is 7.18. The molecular formula is C14H12FNO4S. The summed E-state index contributed by atoms with van der Waals surface area (Å²) in [5.41, 5.74) is 0. The molecule has 0 unspecified atom stereocenters. The number of halogens is 1. The van der Waals surface area contributed by atoms with E-state index in [-0.39, 0.29) is 24.9 Å². The van der Waals surface area contributed by atoms with Crippen LogP contribution in [0.5, 0.6) is 0 Å². The zero-order valence-corrected chi connectivity index (χ0v) is 11.7. The predicted octanol–water partition coefficient (Wildman–Crippen LogP) is 1.97. The Bertz CT molecular complexity index is 714. The lowest BCUT2D eigenvalue weighted by Crippen LogP contribution is -2.52. The van der Waals surface area contributed by atoms with E-state index in [4.69, 9.17) is 9.84 Å². The number of fused-ring (bicyclic) bond motifs is 1. The summed E-state index contributed by atoms with van der Waals surface area (Å²) in [5.74, 6) is -1.81. The fourth-order valence-electron chi connectivity index (χ4n) is 2.31. The molecule has 3 rings (SSSR count). The molecule has 1 amide bonds. The van der Waals surface area contributed by atoms with Crippen molar-refractivity contribution in [1.29, 1.82) is 0 Å². The highest BCUT2D eigenvalue weighted by molar-refractivity contribution is 7.20. The van der Waals surface area contributed by atoms with E-state index >= 15 is 0 Å². The number of aliphatic carboxylic acids is 1. The molecule has 1 aliphatic heterocycles. The van der Waals surface area contributed by atoms with Crippen molar-refractivity contribution >= 4 is 33.3 Å². The monoisotopic (exact) mass is 309 g/mol. The van der Waals surface area contributed by atoms with E-state index < -0.39 is 12.0 Å². The quantitative estimate of drug-likeness (QED) is 0.921. The van der Waals surface area contributed by atoms with Gasteiger partial charge in [0, 0.05) is 11.2 Å². The average molecular weight is 309 g/mol. The first-order valence-electron chi connectivity index (χ1n) is 6.37. The molecule has 0 saturated carbocycles. The largest absolute Gasteiger partial charge is 0.480 e. The van der Waals surface area contributed by atoms with Crippen molar-refractivity contribution in [3.63, 3.8) is 0 Å². The summed E-state index contributed by atoms with van der Waals surface area (Å²) in [4.78, 5) is 25.4. The molecule has 7 heteroatoms. The minimum Gasteiger partial charge on any atom is -0.480 e. The Balaban J connectivity index is 1.93. The van der Waals surface area contributed by atoms with E-state index in [9.17, 15) is 14.0 Å². The number of carbonyl (C=O) groups is 2. The molecule has 2 aromatic rings. The van der Waals surface area contributed by atoms with Crippen LogP contribution in [0.4, 0.5) is 4.39 Å². The van der Waals surface area contributed by atoms with Crippen LogP contribution in [0.15, 0.2) is 24.3 Å². The van der Waals surface area contributed by atoms with Gasteiger partial charge in [-0.1, -0.05) is 0 Å². The second kappa shape index (κ2) is 5.42. The van der Waals surface area contributed by atoms with Crippen molar-refractivity contribution < 1.29 is 23.8 Å². The molecule has 0 radical (unpaired) electrons. The number of rotatable bonds is 2. The van der Waals surface area contributed by atoms with E-state index in [1.54, 1.807) is 12.1 Å². The van der Waals surface area contributed by atoms with E-state index in [1.165, 1.54) is 28.4 Å². The number of hydrogen-bond acceptors (Lipinski definition) is 4. The number of benzene rings is 1. The number of hydrogen-bond donors (Lipinski definition) is 1. The molecule has 2 heterocycles. The number of morpholine rings is 1. The third-order valence-electron chi connectivity index (χ3n) is 3.36. The van der Waals surface area contributed by atoms with Crippen LogP contribution in [0.2, 0.25) is 0 Å². The second-order valence-electron chi connectivity index (χ2n) is 4.72. The lowest BCUT2D eigenvalue weighted by atomic mass is 10.2. The van der Waals surface area contributed by atoms with Crippen LogP contribution in [0.1, 0.15) is 9.67 Å². The van der Waals surface area contributed by atoms with E-state index in [0.29, 0.717) is 16.9 Å². The lowest BCUT2D eigenvalue weighted by molar-refractivity contribution is -0.147. The van der Waals surface area contributed by atoms with Gasteiger partial charge in [0.25, 0.3) is 5.91 Å². The molecule has 1 atom stereocenters. The van der Waals surface area contributed by atoms with Crippen LogP contribution in [-0.4, -0.2) is 47.7 Å². The van der Waals surface area contributed by atoms with Crippen LogP contribution < -0.4 is 0 Å². The highest BCUT2D eigenvalue weighted by Gasteiger charge is 2.33. The Hall–Kier alpha value is -1.99. The summed E-state index contributed by atoms with van der Waals surface area (Å²) in [7, 11) is 0. The molecule has 1 aromatic carbocycles. The van der Waals surface area contributed by atoms with Crippen LogP contribution in [-0.2, 0) is 9.53 Å². The number of thiophene rings is 1. The molecule has 0 spiro atoms. The van der Waals surface area contributed by atoms with Gasteiger partial charge < -0.3 is 14.7 Å². The summed E-state index contributed by atoms with van der Waals surface area (Å²) >= 11 is 1.23. The fourth-order valence-corrected chi connectivity index (χ4v) is 3.31. The van der Waals surface area contributed by atoms with Crippen LogP contribution in [0.3, 0.4) is 0 Å². The van der Waals surface area contributed by atoms with Crippen LogP contribution >= 0.6 is 11.3 Å². The van der Waals surface area contributed by atoms with Gasteiger partial charge in [-0.25, -0.2) is 9.18 Å². The molecule has 1 N–H and O–H groups in total. The smallest absolute Gasteiger partial charge is 0.328 e. The Morgan fingerprint density at radius 1 is 1.38 bits per heavy atom. The Kier molecular flexibility index (Phi) is 3.60. The minimum atomic E-state index is -1.09. The van der Waals surface area contributed by atoms with Gasteiger partial charge in [0.05, 0.1) is 18.1 Å². The zero-order chi connectivity index (χ0) is 15.0. The third-order valence-corrected chi connectivity index (χ3v) is 4.47. The first kappa shape index (κ1) is 14.0. The van der Waals surface area contributed by atoms with Gasteiger partial charge in [-0.05, 0) is 29.7 Å². The van der Waals surface area contributed by atoms with E-state index in [0.717, 1.165) is 4.70 Å². The van der Waals surface area contributed by atoms with Crippen LogP contribution in [0, 0.1) is 5.82 Å². The SMILES string of the molecule is O=C(O)[C@H]1COCCN1C(=O)c1cc2cc(F)ccc2s1. The molecule has 0 aliphatic carbocycles. The summed E-state index contributed by atoms with van der Waals surface area (Å²) < 4.78 is 19.1. The van der Waals surface area contributed by atoms with Gasteiger partial charge in [0.2, 0.25) is 0 Å². The fraction of sp³-hybridized carbons (Fsp3) is 0.286. The maximum atomic E-state index is 13.2. The Morgan fingerprint density at radius 2 is 2.19 bits per heavy atom. The second-order valence-corrected chi connectivity index (χ2v) is 5.80. The molecule has 0 bridgehead atoms. The van der Waals surface area contributed by atoms with E-state index in [1.807, 2.05) is 0 Å². The van der Waals surface area contributed by atoms with E-state index in [2.05, 4.69) is 0 Å². The molecule has 1 aromatic heterocycles. The van der Waals surface area contributed by atoms with Crippen molar-refractivity contribution in [2.75, 3.05) is 19.8 Å². The number of carboxylic acids is 1. The number of nitrogens with zero attached hydrogens (tertiary/aromatic N) is 1. The molecule has 110 valence electrons. The zero-order valence-electron chi connectivity index (χ0n) is 10.9. The van der Waals surface area contributed by atoms with Gasteiger partial charge >= 0.3 is 5.97 Å². The van der Waals surface area contributed by atoms with Gasteiger partial charge in [-0.15, -0.1) is 11.3 Å². The molecule has 21 heavy (non-hydrogen) atoms. The minimum absolute atomic E-state index is 0.0133. The predicted molar refractivity (Wildman–Crippen MR) is 75.1 cm³/mol. The highest BCUT2D eigenvalue weighted by atomic mass is 32.1. The summed E-state index contributed by atoms with van der Waals surface area (Å²) in [6, 6.07) is 4.92. The number of ether oxygens (including phenoxy) is 1. The highest BCUT2D eigenvalue weighted by Crippen LogP contribution is 2.28. The summed E-state index contributed by atoms with van der Waals surface area (Å²) in [6.07, 6.45) is 0. The summed E-state index contributed by atoms with van der Waals surface area (Å²) in [5, 5.41) is 9.80. The number of carboxylic acid groups (broad SMARTS) is 1. The van der Waals surface area contributed by atoms with Crippen molar-refractivity contribution in [2.45, 2.75) is 6.04 Å². The van der Waals surface area contributed by atoms with Gasteiger partial charge in [-0.2, -0.15) is 0 Å². The third kappa shape index (κ3) is 2.62. The topological polar surface area (TPSA) is 66.8 Å². The number of carbonyl (C=O) groups excluding carboxylic acids is 1. The van der Waals surface area contributed by atoms with Crippen molar-refractivity contribution in [3.8, 4) is 0 Å². The molecular weight excluding hydrogens is 297 g/mol. The standard InChI is InChI=1S/C14H12FNO4S/c15-9-1-2-11-8(5-9)6-12(21-11)13(17)16-3-4-20-7-10(16)14(18)19/h1-2,5-6,10H,3-4,7H2,(H,18,19)/t10-/m1/s1. The van der Waals surface area contributed by atoms with Gasteiger partial charge in [0.1, 0.15) is 5.82 Å². The molecule has 5 nitrogen and oxygen atoms in total.